The zero-order chi connectivity index (χ0) is 26.6. The third-order valence-electron chi connectivity index (χ3n) is 3.57. The molecule has 0 radical (unpaired) electrons. The number of hydrogen-bond acceptors (Lipinski definition) is 14. The van der Waals surface area contributed by atoms with E-state index in [2.05, 4.69) is 21.0 Å². The van der Waals surface area contributed by atoms with Crippen LogP contribution in [0.4, 0.5) is 11.6 Å². The molecule has 14 N–H and O–H groups in total. The van der Waals surface area contributed by atoms with Crippen LogP contribution in [0.5, 0.6) is 0 Å². The standard InChI is InChI=1S/C8H10N6.2C4H6O6/c9-11-7-5-3-1-2-4-6(5)8(12-10)14-13-7;2*5-1(3(7)8)2(6)4(9)10/h1-4H,9-10H2,(H,11,13)(H,12,14);2*1-2,5-6H,(H,7,8)(H,9,10)/t;2*1-,2-/m.11/s1. The topological polar surface area (TPSA) is 332 Å². The zero-order valence-electron chi connectivity index (χ0n) is 16.9. The molecule has 18 heteroatoms. The third-order valence-corrected chi connectivity index (χ3v) is 3.57. The molecule has 0 aliphatic rings. The second-order valence-electron chi connectivity index (χ2n) is 5.86. The van der Waals surface area contributed by atoms with Gasteiger partial charge in [0, 0.05) is 10.8 Å². The molecule has 0 saturated carbocycles. The Kier molecular flexibility index (Phi) is 12.3. The molecule has 34 heavy (non-hydrogen) atoms. The number of anilines is 2. The molecule has 1 aromatic heterocycles. The van der Waals surface area contributed by atoms with Crippen LogP contribution in [0.15, 0.2) is 24.3 Å². The molecule has 0 saturated heterocycles. The van der Waals surface area contributed by atoms with Crippen molar-refractivity contribution in [2.75, 3.05) is 10.9 Å². The van der Waals surface area contributed by atoms with Gasteiger partial charge in [0.2, 0.25) is 0 Å². The highest BCUT2D eigenvalue weighted by atomic mass is 16.4. The van der Waals surface area contributed by atoms with Crippen molar-refractivity contribution in [1.82, 2.24) is 10.2 Å². The highest BCUT2D eigenvalue weighted by Gasteiger charge is 2.30. The summed E-state index contributed by atoms with van der Waals surface area (Å²) in [6.45, 7) is 0. The lowest BCUT2D eigenvalue weighted by molar-refractivity contribution is -0.165. The first-order valence-electron chi connectivity index (χ1n) is 8.62. The number of aromatic nitrogens is 2. The van der Waals surface area contributed by atoms with Crippen molar-refractivity contribution in [3.63, 3.8) is 0 Å². The van der Waals surface area contributed by atoms with Crippen LogP contribution in [0, 0.1) is 0 Å². The fourth-order valence-corrected chi connectivity index (χ4v) is 1.86. The van der Waals surface area contributed by atoms with Gasteiger partial charge in [-0.1, -0.05) is 24.3 Å². The molecule has 0 aliphatic heterocycles. The van der Waals surface area contributed by atoms with E-state index in [1.165, 1.54) is 0 Å². The SMILES string of the molecule is NNc1nnc(NN)c2ccccc12.O=C(O)[C@H](O)[C@@H](O)C(=O)O.O=C(O)[C@H](O)[C@@H](O)C(=O)O. The first-order chi connectivity index (χ1) is 15.8. The molecule has 188 valence electrons. The molecule has 0 spiro atoms. The second kappa shape index (κ2) is 14.1. The lowest BCUT2D eigenvalue weighted by atomic mass is 10.2. The van der Waals surface area contributed by atoms with E-state index in [0.29, 0.717) is 11.6 Å². The van der Waals surface area contributed by atoms with Crippen molar-refractivity contribution in [2.45, 2.75) is 24.4 Å². The van der Waals surface area contributed by atoms with E-state index in [9.17, 15) is 19.2 Å². The van der Waals surface area contributed by atoms with Crippen molar-refractivity contribution < 1.29 is 60.0 Å². The minimum absolute atomic E-state index is 0.527. The highest BCUT2D eigenvalue weighted by Crippen LogP contribution is 2.24. The number of nitrogens with two attached hydrogens (primary N) is 2. The Morgan fingerprint density at radius 3 is 1.03 bits per heavy atom. The smallest absolute Gasteiger partial charge is 0.335 e. The zero-order valence-corrected chi connectivity index (χ0v) is 16.9. The average Bonchev–Trinajstić information content (AvgIpc) is 2.81. The fourth-order valence-electron chi connectivity index (χ4n) is 1.86. The third kappa shape index (κ3) is 8.74. The van der Waals surface area contributed by atoms with E-state index in [1.54, 1.807) is 0 Å². The Morgan fingerprint density at radius 2 is 0.853 bits per heavy atom. The number of nitrogens with one attached hydrogen (secondary N) is 2. The number of aliphatic carboxylic acids is 4. The minimum Gasteiger partial charge on any atom is -0.479 e. The summed E-state index contributed by atoms with van der Waals surface area (Å²) in [5.41, 5.74) is 4.96. The van der Waals surface area contributed by atoms with Crippen LogP contribution in [0.1, 0.15) is 0 Å². The summed E-state index contributed by atoms with van der Waals surface area (Å²) in [5, 5.41) is 74.5. The van der Waals surface area contributed by atoms with Gasteiger partial charge in [-0.25, -0.2) is 30.9 Å². The van der Waals surface area contributed by atoms with Crippen molar-refractivity contribution >= 4 is 46.3 Å². The molecule has 18 nitrogen and oxygen atoms in total. The van der Waals surface area contributed by atoms with Gasteiger partial charge < -0.3 is 51.7 Å². The van der Waals surface area contributed by atoms with Crippen molar-refractivity contribution in [3.8, 4) is 0 Å². The number of nitrogens with zero attached hydrogens (tertiary/aromatic N) is 2. The van der Waals surface area contributed by atoms with Crippen LogP contribution in [0.2, 0.25) is 0 Å². The van der Waals surface area contributed by atoms with E-state index in [-0.39, 0.29) is 0 Å². The number of benzene rings is 1. The summed E-state index contributed by atoms with van der Waals surface area (Å²) in [5.74, 6) is 4.59. The molecular weight excluding hydrogens is 468 g/mol. The number of carboxylic acid groups (broad SMARTS) is 4. The Balaban J connectivity index is 0.000000495. The van der Waals surface area contributed by atoms with E-state index in [1.807, 2.05) is 24.3 Å². The van der Waals surface area contributed by atoms with Crippen LogP contribution in [0.3, 0.4) is 0 Å². The Labute approximate surface area is 188 Å². The monoisotopic (exact) mass is 490 g/mol. The summed E-state index contributed by atoms with van der Waals surface area (Å²) < 4.78 is 0. The maximum Gasteiger partial charge on any atom is 0.335 e. The number of carbonyl (C=O) groups is 4. The highest BCUT2D eigenvalue weighted by molar-refractivity contribution is 5.98. The van der Waals surface area contributed by atoms with Gasteiger partial charge >= 0.3 is 23.9 Å². The molecule has 0 fully saturated rings. The number of fused-ring (bicyclic) bond motifs is 1. The van der Waals surface area contributed by atoms with Gasteiger partial charge in [0.15, 0.2) is 36.1 Å². The largest absolute Gasteiger partial charge is 0.479 e. The number of hydrazine groups is 2. The van der Waals surface area contributed by atoms with Crippen LogP contribution in [-0.4, -0.2) is 99.3 Å². The minimum atomic E-state index is -2.27. The molecule has 1 aromatic carbocycles. The summed E-state index contributed by atoms with van der Waals surface area (Å²) >= 11 is 0. The van der Waals surface area contributed by atoms with Gasteiger partial charge in [0.1, 0.15) is 0 Å². The Bertz CT molecular complexity index is 891. The molecule has 1 heterocycles. The van der Waals surface area contributed by atoms with Crippen LogP contribution in [0.25, 0.3) is 10.8 Å². The van der Waals surface area contributed by atoms with Gasteiger partial charge in [-0.15, -0.1) is 10.2 Å². The number of carboxylic acids is 4. The van der Waals surface area contributed by atoms with Crippen molar-refractivity contribution in [2.24, 2.45) is 11.7 Å². The summed E-state index contributed by atoms with van der Waals surface area (Å²) in [7, 11) is 0. The van der Waals surface area contributed by atoms with E-state index in [0.717, 1.165) is 10.8 Å². The summed E-state index contributed by atoms with van der Waals surface area (Å²) in [6.07, 6.45) is -9.06. The number of aliphatic hydroxyl groups excluding tert-OH is 4. The number of rotatable bonds is 8. The Morgan fingerprint density at radius 1 is 0.618 bits per heavy atom. The predicted molar refractivity (Wildman–Crippen MR) is 110 cm³/mol. The fraction of sp³-hybridized carbons (Fsp3) is 0.250. The summed E-state index contributed by atoms with van der Waals surface area (Å²) in [4.78, 5) is 39.1. The van der Waals surface area contributed by atoms with Crippen LogP contribution >= 0.6 is 0 Å². The molecule has 0 unspecified atom stereocenters. The van der Waals surface area contributed by atoms with E-state index < -0.39 is 48.3 Å². The quantitative estimate of drug-likeness (QED) is 0.124. The van der Waals surface area contributed by atoms with Gasteiger partial charge in [-0.3, -0.25) is 0 Å². The molecule has 0 bridgehead atoms. The normalized spacial score (nSPS) is 13.5. The second-order valence-corrected chi connectivity index (χ2v) is 5.86. The lowest BCUT2D eigenvalue weighted by Gasteiger charge is -2.07. The van der Waals surface area contributed by atoms with Crippen molar-refractivity contribution in [1.29, 1.82) is 0 Å². The Hall–Kier alpha value is -4.20. The molecule has 0 aliphatic carbocycles. The molecule has 4 atom stereocenters. The molecule has 2 rings (SSSR count). The van der Waals surface area contributed by atoms with Crippen molar-refractivity contribution in [3.05, 3.63) is 24.3 Å². The van der Waals surface area contributed by atoms with Crippen LogP contribution < -0.4 is 22.5 Å². The summed E-state index contributed by atoms with van der Waals surface area (Å²) in [6, 6.07) is 7.57. The number of nitrogen functional groups attached to an aromatic ring is 2. The van der Waals surface area contributed by atoms with Crippen LogP contribution in [-0.2, 0) is 19.2 Å². The van der Waals surface area contributed by atoms with Gasteiger partial charge in [-0.2, -0.15) is 0 Å². The number of hydrogen-bond donors (Lipinski definition) is 12. The first-order valence-corrected chi connectivity index (χ1v) is 8.62. The molecule has 0 amide bonds. The van der Waals surface area contributed by atoms with Gasteiger partial charge in [0.25, 0.3) is 0 Å². The predicted octanol–water partition coefficient (Wildman–Crippen LogP) is -4.04. The maximum atomic E-state index is 9.77. The van der Waals surface area contributed by atoms with Gasteiger partial charge in [-0.05, 0) is 0 Å². The average molecular weight is 490 g/mol. The van der Waals surface area contributed by atoms with Gasteiger partial charge in [0.05, 0.1) is 0 Å². The lowest BCUT2D eigenvalue weighted by Crippen LogP contribution is -2.39. The molecular formula is C16H22N6O12. The van der Waals surface area contributed by atoms with E-state index in [4.69, 9.17) is 52.5 Å². The number of aliphatic hydroxyl groups is 4. The molecule has 2 aromatic rings. The van der Waals surface area contributed by atoms with E-state index >= 15 is 0 Å². The maximum absolute atomic E-state index is 9.77. The first kappa shape index (κ1) is 29.8.